The van der Waals surface area contributed by atoms with E-state index in [1.807, 2.05) is 53.4 Å². The van der Waals surface area contributed by atoms with Crippen molar-refractivity contribution in [1.82, 2.24) is 15.3 Å². The van der Waals surface area contributed by atoms with Gasteiger partial charge in [0.2, 0.25) is 11.4 Å². The second-order valence-corrected chi connectivity index (χ2v) is 11.0. The van der Waals surface area contributed by atoms with Gasteiger partial charge in [0, 0.05) is 24.7 Å². The summed E-state index contributed by atoms with van der Waals surface area (Å²) in [6, 6.07) is 16.8. The van der Waals surface area contributed by atoms with Crippen LogP contribution in [0.3, 0.4) is 0 Å². The topological polar surface area (TPSA) is 104 Å². The van der Waals surface area contributed by atoms with Crippen molar-refractivity contribution in [1.29, 1.82) is 0 Å². The van der Waals surface area contributed by atoms with E-state index >= 15 is 0 Å². The number of hydrazone groups is 1. The van der Waals surface area contributed by atoms with Gasteiger partial charge in [-0.2, -0.15) is 13.2 Å². The lowest BCUT2D eigenvalue weighted by Crippen LogP contribution is -2.49. The lowest BCUT2D eigenvalue weighted by molar-refractivity contribution is -0.137. The zero-order chi connectivity index (χ0) is 28.3. The largest absolute Gasteiger partial charge is 0.443 e. The minimum absolute atomic E-state index is 0.000231. The van der Waals surface area contributed by atoms with Gasteiger partial charge in [0.05, 0.1) is 30.2 Å². The number of para-hydroxylation sites is 1. The van der Waals surface area contributed by atoms with Gasteiger partial charge >= 0.3 is 6.18 Å². The Hall–Kier alpha value is -4.01. The van der Waals surface area contributed by atoms with Crippen molar-refractivity contribution >= 4 is 39.5 Å². The lowest BCUT2D eigenvalue weighted by atomic mass is 10.0. The lowest BCUT2D eigenvalue weighted by Gasteiger charge is -2.27. The van der Waals surface area contributed by atoms with Gasteiger partial charge in [-0.3, -0.25) is 9.79 Å². The molecular formula is C27H24F3N7O3S. The number of nitrogens with one attached hydrogen (secondary N) is 2. The predicted octanol–water partition coefficient (Wildman–Crippen LogP) is 3.45. The first kappa shape index (κ1) is 25.9. The number of aromatic nitrogens is 1. The number of morpholine rings is 1. The Morgan fingerprint density at radius 2 is 1.90 bits per heavy atom. The molecule has 1 saturated heterocycles. The van der Waals surface area contributed by atoms with Crippen molar-refractivity contribution in [2.45, 2.75) is 37.3 Å². The van der Waals surface area contributed by atoms with Crippen LogP contribution in [0.15, 0.2) is 64.7 Å². The molecule has 7 rings (SSSR count). The van der Waals surface area contributed by atoms with E-state index < -0.39 is 29.6 Å². The first-order valence-corrected chi connectivity index (χ1v) is 13.8. The maximum Gasteiger partial charge on any atom is 0.443 e. The van der Waals surface area contributed by atoms with E-state index in [9.17, 15) is 18.0 Å². The van der Waals surface area contributed by atoms with Gasteiger partial charge in [-0.1, -0.05) is 59.9 Å². The monoisotopic (exact) mass is 583 g/mol. The summed E-state index contributed by atoms with van der Waals surface area (Å²) in [6.07, 6.45) is -5.95. The summed E-state index contributed by atoms with van der Waals surface area (Å²) in [6.45, 7) is 0.858. The number of thiazole rings is 1. The molecule has 4 aliphatic rings. The van der Waals surface area contributed by atoms with Crippen molar-refractivity contribution in [3.63, 3.8) is 0 Å². The summed E-state index contributed by atoms with van der Waals surface area (Å²) >= 11 is 0.571. The van der Waals surface area contributed by atoms with E-state index in [2.05, 4.69) is 20.7 Å². The van der Waals surface area contributed by atoms with Crippen LogP contribution in [0.2, 0.25) is 0 Å². The third-order valence-corrected chi connectivity index (χ3v) is 8.32. The number of anilines is 2. The van der Waals surface area contributed by atoms with Gasteiger partial charge in [-0.15, -0.1) is 5.10 Å². The quantitative estimate of drug-likeness (QED) is 0.474. The average molecular weight is 584 g/mol. The van der Waals surface area contributed by atoms with E-state index in [0.29, 0.717) is 40.9 Å². The summed E-state index contributed by atoms with van der Waals surface area (Å²) in [7, 11) is 1.60. The van der Waals surface area contributed by atoms with E-state index in [0.717, 1.165) is 17.5 Å². The van der Waals surface area contributed by atoms with Crippen LogP contribution in [-0.4, -0.2) is 72.4 Å². The Bertz CT molecular complexity index is 1560. The maximum atomic E-state index is 13.7. The molecule has 1 saturated carbocycles. The molecule has 2 N–H and O–H groups in total. The molecule has 1 aromatic heterocycles. The molecule has 2 aromatic carbocycles. The Kier molecular flexibility index (Phi) is 6.21. The van der Waals surface area contributed by atoms with Crippen LogP contribution in [0, 0.1) is 0 Å². The van der Waals surface area contributed by atoms with Crippen LogP contribution in [0.4, 0.5) is 23.9 Å². The number of benzene rings is 2. The van der Waals surface area contributed by atoms with Crippen LogP contribution in [0.5, 0.6) is 0 Å². The summed E-state index contributed by atoms with van der Waals surface area (Å²) < 4.78 is 52.8. The van der Waals surface area contributed by atoms with Crippen molar-refractivity contribution in [2.24, 2.45) is 10.1 Å². The number of nitrogens with zero attached hydrogens (tertiary/aromatic N) is 5. The van der Waals surface area contributed by atoms with Gasteiger partial charge < -0.3 is 19.7 Å². The molecule has 1 aliphatic carbocycles. The van der Waals surface area contributed by atoms with Crippen LogP contribution in [-0.2, 0) is 20.4 Å². The summed E-state index contributed by atoms with van der Waals surface area (Å²) in [4.78, 5) is 23.8. The van der Waals surface area contributed by atoms with Crippen molar-refractivity contribution in [2.75, 3.05) is 30.4 Å². The second-order valence-electron chi connectivity index (χ2n) is 9.97. The maximum absolute atomic E-state index is 13.7. The predicted molar refractivity (Wildman–Crippen MR) is 146 cm³/mol. The van der Waals surface area contributed by atoms with Gasteiger partial charge in [0.25, 0.3) is 11.8 Å². The molecule has 0 bridgehead atoms. The Morgan fingerprint density at radius 1 is 1.12 bits per heavy atom. The van der Waals surface area contributed by atoms with Gasteiger partial charge in [-0.25, -0.2) is 15.3 Å². The number of alkyl halides is 3. The first-order valence-electron chi connectivity index (χ1n) is 13.0. The summed E-state index contributed by atoms with van der Waals surface area (Å²) in [5.74, 6) is -0.490. The number of fused-ring (bicyclic) bond motifs is 2. The summed E-state index contributed by atoms with van der Waals surface area (Å²) in [5.41, 5.74) is 2.79. The molecule has 1 amide bonds. The highest BCUT2D eigenvalue weighted by Gasteiger charge is 2.49. The number of ether oxygens (including phenoxy) is 2. The zero-order valence-corrected chi connectivity index (χ0v) is 22.4. The number of hydrogen-bond donors (Lipinski definition) is 2. The number of halogens is 3. The normalized spacial score (nSPS) is 25.4. The van der Waals surface area contributed by atoms with E-state index in [1.165, 1.54) is 5.01 Å². The number of amides is 1. The number of hydrogen-bond acceptors (Lipinski definition) is 10. The number of benzodiazepines with no additional fused rings is 1. The molecule has 212 valence electrons. The van der Waals surface area contributed by atoms with Gasteiger partial charge in [-0.05, 0) is 12.5 Å². The fraction of sp³-hybridized carbons (Fsp3) is 0.333. The average Bonchev–Trinajstić information content (AvgIpc) is 3.52. The third kappa shape index (κ3) is 4.81. The number of rotatable bonds is 5. The molecule has 14 heteroatoms. The number of carbonyl (C=O) groups is 1. The van der Waals surface area contributed by atoms with Crippen LogP contribution in [0.25, 0.3) is 0 Å². The molecule has 4 atom stereocenters. The second kappa shape index (κ2) is 9.82. The fourth-order valence-electron chi connectivity index (χ4n) is 5.13. The number of aliphatic imine (C=N–C) groups is 1. The van der Waals surface area contributed by atoms with Crippen LogP contribution in [0.1, 0.15) is 28.2 Å². The first-order chi connectivity index (χ1) is 19.8. The highest BCUT2D eigenvalue weighted by atomic mass is 32.1. The van der Waals surface area contributed by atoms with Gasteiger partial charge in [0.1, 0.15) is 5.00 Å². The van der Waals surface area contributed by atoms with Crippen molar-refractivity contribution in [3.05, 3.63) is 76.4 Å². The fourth-order valence-corrected chi connectivity index (χ4v) is 6.14. The molecule has 10 nitrogen and oxygen atoms in total. The number of carbonyl (C=O) groups excluding carboxylic acids is 1. The highest BCUT2D eigenvalue weighted by Crippen LogP contribution is 2.45. The molecule has 3 aromatic rings. The molecule has 0 radical (unpaired) electrons. The molecule has 0 spiro atoms. The smallest absolute Gasteiger partial charge is 0.435 e. The Balaban J connectivity index is 1.18. The van der Waals surface area contributed by atoms with Gasteiger partial charge in [0.15, 0.2) is 11.9 Å². The molecule has 4 heterocycles. The Labute approximate surface area is 236 Å². The zero-order valence-electron chi connectivity index (χ0n) is 21.6. The molecule has 41 heavy (non-hydrogen) atoms. The van der Waals surface area contributed by atoms with E-state index in [1.54, 1.807) is 13.1 Å². The minimum atomic E-state index is -4.62. The standard InChI is InChI=1S/C27H24F3N7O3S/c1-36-26(34-21-22(38)31-16-10-6-5-9-15(16)19(32-21)14-7-3-2-4-8-14)40-23(35-36)20-24(41-25(33-20)27(28,29)30)37-11-12-39-18-13-17(18)37/h2-10,17-18,21,26,34H,11-13H2,1H3,(H,31,38)/t17-,18+,21+,26?/m1/s1. The molecule has 1 unspecified atom stereocenters. The van der Waals surface area contributed by atoms with Crippen LogP contribution < -0.4 is 15.5 Å². The van der Waals surface area contributed by atoms with E-state index in [4.69, 9.17) is 14.5 Å². The summed E-state index contributed by atoms with van der Waals surface area (Å²) in [5, 5.41) is 11.1. The van der Waals surface area contributed by atoms with Crippen LogP contribution >= 0.6 is 11.3 Å². The third-order valence-electron chi connectivity index (χ3n) is 7.18. The van der Waals surface area contributed by atoms with E-state index in [-0.39, 0.29) is 23.7 Å². The molecule has 2 fully saturated rings. The van der Waals surface area contributed by atoms with Crippen molar-refractivity contribution in [3.8, 4) is 0 Å². The highest BCUT2D eigenvalue weighted by molar-refractivity contribution is 7.16. The molecule has 3 aliphatic heterocycles. The molecular weight excluding hydrogens is 559 g/mol. The Morgan fingerprint density at radius 3 is 2.71 bits per heavy atom. The minimum Gasteiger partial charge on any atom is -0.435 e. The SMILES string of the molecule is CN1N=C(c2nc(C(F)(F)F)sc2N2CCO[C@H]3C[C@H]32)OC1N[C@@H]1N=C(c2ccccc2)c2ccccc2NC1=O. The van der Waals surface area contributed by atoms with Crippen molar-refractivity contribution < 1.29 is 27.4 Å².